The van der Waals surface area contributed by atoms with Crippen LogP contribution >= 0.6 is 0 Å². The first-order valence-electron chi connectivity index (χ1n) is 22.3. The van der Waals surface area contributed by atoms with Crippen molar-refractivity contribution in [1.29, 1.82) is 0 Å². The molecule has 0 bridgehead atoms. The minimum absolute atomic E-state index is 0.00544. The lowest BCUT2D eigenvalue weighted by Crippen LogP contribution is -2.51. The molecule has 0 aliphatic carbocycles. The van der Waals surface area contributed by atoms with Gasteiger partial charge in [0.2, 0.25) is 11.9 Å². The van der Waals surface area contributed by atoms with Crippen molar-refractivity contribution >= 4 is 11.9 Å². The monoisotopic (exact) mass is 790 g/mol. The van der Waals surface area contributed by atoms with Crippen molar-refractivity contribution in [2.24, 2.45) is 0 Å². The van der Waals surface area contributed by atoms with Gasteiger partial charge < -0.3 is 24.8 Å². The highest BCUT2D eigenvalue weighted by Crippen LogP contribution is 2.47. The summed E-state index contributed by atoms with van der Waals surface area (Å²) in [7, 11) is 0. The van der Waals surface area contributed by atoms with Gasteiger partial charge >= 0.3 is 0 Å². The highest BCUT2D eigenvalue weighted by atomic mass is 16.7. The Hall–Kier alpha value is -4.15. The van der Waals surface area contributed by atoms with Crippen LogP contribution in [-0.4, -0.2) is 64.7 Å². The van der Waals surface area contributed by atoms with E-state index in [1.807, 2.05) is 24.3 Å². The first-order valence-corrected chi connectivity index (χ1v) is 22.3. The molecule has 0 saturated carbocycles. The molecule has 9 heteroatoms. The van der Waals surface area contributed by atoms with Gasteiger partial charge in [-0.15, -0.1) is 0 Å². The number of piperazine rings is 1. The predicted octanol–water partition coefficient (Wildman–Crippen LogP) is 9.83. The summed E-state index contributed by atoms with van der Waals surface area (Å²) in [5, 5.41) is 12.9. The predicted molar refractivity (Wildman–Crippen MR) is 232 cm³/mol. The summed E-state index contributed by atoms with van der Waals surface area (Å²) in [4.78, 5) is 26.4. The summed E-state index contributed by atoms with van der Waals surface area (Å²) >= 11 is 0. The van der Waals surface area contributed by atoms with Crippen LogP contribution in [0.2, 0.25) is 0 Å². The number of nitrogens with one attached hydrogen (secondary N) is 1. The molecule has 2 saturated heterocycles. The number of rotatable bonds is 23. The summed E-state index contributed by atoms with van der Waals surface area (Å²) in [6.07, 6.45) is 20.1. The van der Waals surface area contributed by atoms with Crippen molar-refractivity contribution in [2.75, 3.05) is 37.6 Å². The highest BCUT2D eigenvalue weighted by molar-refractivity contribution is 5.75. The van der Waals surface area contributed by atoms with E-state index >= 15 is 0 Å². The zero-order chi connectivity index (χ0) is 40.2. The fraction of sp³-hybridized carbons (Fsp3) is 0.531. The average Bonchev–Trinajstić information content (AvgIpc) is 3.28. The number of carbonyl (C=O) groups excluding carboxylic acids is 1. The normalized spacial score (nSPS) is 19.9. The molecule has 312 valence electrons. The van der Waals surface area contributed by atoms with Crippen molar-refractivity contribution in [3.05, 3.63) is 125 Å². The van der Waals surface area contributed by atoms with E-state index in [0.717, 1.165) is 73.8 Å². The van der Waals surface area contributed by atoms with Crippen LogP contribution in [0.25, 0.3) is 0 Å². The van der Waals surface area contributed by atoms with Gasteiger partial charge in [0.25, 0.3) is 0 Å². The Balaban J connectivity index is 1.03. The second kappa shape index (κ2) is 24.1. The minimum atomic E-state index is -0.578. The molecule has 3 heterocycles. The van der Waals surface area contributed by atoms with Gasteiger partial charge in [-0.25, -0.2) is 9.97 Å². The Morgan fingerprint density at radius 2 is 1.26 bits per heavy atom. The van der Waals surface area contributed by atoms with Crippen LogP contribution in [0.3, 0.4) is 0 Å². The molecule has 4 atom stereocenters. The molecule has 1 aromatic heterocycles. The summed E-state index contributed by atoms with van der Waals surface area (Å²) in [6, 6.07) is 28.8. The molecule has 2 fully saturated rings. The number of carbonyl (C=O) groups is 1. The van der Waals surface area contributed by atoms with Crippen molar-refractivity contribution in [2.45, 2.75) is 134 Å². The van der Waals surface area contributed by atoms with Crippen LogP contribution in [-0.2, 0) is 27.4 Å². The molecule has 6 rings (SSSR count). The third kappa shape index (κ3) is 13.4. The van der Waals surface area contributed by atoms with E-state index in [4.69, 9.17) is 9.47 Å². The average molecular weight is 790 g/mol. The lowest BCUT2D eigenvalue weighted by atomic mass is 9.83. The largest absolute Gasteiger partial charge is 0.392 e. The second-order valence-corrected chi connectivity index (χ2v) is 16.2. The third-order valence-corrected chi connectivity index (χ3v) is 11.9. The SMILES string of the molecule is CCCCCCCCCCCCCCCC(=O)NCc1ccc(C2OC(CN3CCN(c4ncccn4)CC3)C(c3ccccc3)C(c3ccc(CO)cc3)O2)cc1. The number of amides is 1. The number of ether oxygens (including phenoxy) is 2. The molecule has 2 aliphatic heterocycles. The molecule has 2 N–H and O–H groups in total. The van der Waals surface area contributed by atoms with Crippen molar-refractivity contribution in [3.8, 4) is 0 Å². The van der Waals surface area contributed by atoms with Crippen LogP contribution in [0, 0.1) is 0 Å². The number of hydrogen-bond donors (Lipinski definition) is 2. The standard InChI is InChI=1S/C49H67N5O4/c1-2-3-4-5-6-7-8-9-10-11-12-13-17-21-45(56)52-36-39-22-28-43(29-23-39)48-57-44(37-53-32-34-54(35-33-53)49-50-30-18-31-51-49)46(41-19-15-14-16-20-41)47(58-48)42-26-24-40(38-55)25-27-42/h14-16,18-20,22-31,44,46-48,55H,2-13,17,21,32-38H2,1H3,(H,52,56). The summed E-state index contributed by atoms with van der Waals surface area (Å²) in [6.45, 7) is 6.96. The van der Waals surface area contributed by atoms with Gasteiger partial charge in [-0.2, -0.15) is 0 Å². The number of hydrogen-bond acceptors (Lipinski definition) is 8. The first kappa shape index (κ1) is 43.4. The quantitative estimate of drug-likeness (QED) is 0.0717. The van der Waals surface area contributed by atoms with Gasteiger partial charge in [0.1, 0.15) is 0 Å². The molecule has 9 nitrogen and oxygen atoms in total. The number of aromatic nitrogens is 2. The summed E-state index contributed by atoms with van der Waals surface area (Å²) in [5.74, 6) is 0.835. The lowest BCUT2D eigenvalue weighted by Gasteiger charge is -2.45. The van der Waals surface area contributed by atoms with E-state index in [-0.39, 0.29) is 30.6 Å². The van der Waals surface area contributed by atoms with Crippen molar-refractivity contribution in [3.63, 3.8) is 0 Å². The lowest BCUT2D eigenvalue weighted by molar-refractivity contribution is -0.263. The van der Waals surface area contributed by atoms with E-state index < -0.39 is 6.29 Å². The maximum atomic E-state index is 12.7. The van der Waals surface area contributed by atoms with E-state index in [0.29, 0.717) is 13.0 Å². The number of aliphatic hydroxyl groups excluding tert-OH is 1. The maximum Gasteiger partial charge on any atom is 0.225 e. The number of unbranched alkanes of at least 4 members (excludes halogenated alkanes) is 12. The van der Waals surface area contributed by atoms with Crippen LogP contribution in [0.15, 0.2) is 97.3 Å². The number of anilines is 1. The Labute approximate surface area is 347 Å². The van der Waals surface area contributed by atoms with Crippen LogP contribution in [0.1, 0.15) is 143 Å². The van der Waals surface area contributed by atoms with Crippen LogP contribution < -0.4 is 10.2 Å². The Morgan fingerprint density at radius 3 is 1.88 bits per heavy atom. The summed E-state index contributed by atoms with van der Waals surface area (Å²) < 4.78 is 13.9. The van der Waals surface area contributed by atoms with Crippen molar-refractivity contribution < 1.29 is 19.4 Å². The molecule has 0 radical (unpaired) electrons. The van der Waals surface area contributed by atoms with Crippen LogP contribution in [0.5, 0.6) is 0 Å². The molecular formula is C49H67N5O4. The van der Waals surface area contributed by atoms with E-state index in [9.17, 15) is 9.90 Å². The fourth-order valence-corrected chi connectivity index (χ4v) is 8.39. The Bertz CT molecular complexity index is 1720. The zero-order valence-corrected chi connectivity index (χ0v) is 34.9. The van der Waals surface area contributed by atoms with Gasteiger partial charge in [0, 0.05) is 69.6 Å². The molecular weight excluding hydrogens is 723 g/mol. The number of nitrogens with zero attached hydrogens (tertiary/aromatic N) is 4. The molecule has 4 aromatic rings. The maximum absolute atomic E-state index is 12.7. The molecule has 2 aliphatic rings. The molecule has 1 amide bonds. The molecule has 3 aromatic carbocycles. The number of benzene rings is 3. The molecule has 58 heavy (non-hydrogen) atoms. The second-order valence-electron chi connectivity index (χ2n) is 16.2. The van der Waals surface area contributed by atoms with Gasteiger partial charge in [-0.1, -0.05) is 163 Å². The molecule has 4 unspecified atom stereocenters. The smallest absolute Gasteiger partial charge is 0.225 e. The zero-order valence-electron chi connectivity index (χ0n) is 34.9. The minimum Gasteiger partial charge on any atom is -0.392 e. The topological polar surface area (TPSA) is 100 Å². The highest BCUT2D eigenvalue weighted by Gasteiger charge is 2.42. The van der Waals surface area contributed by atoms with Crippen LogP contribution in [0.4, 0.5) is 5.95 Å². The first-order chi connectivity index (χ1) is 28.6. The summed E-state index contributed by atoms with van der Waals surface area (Å²) in [5.41, 5.74) is 5.09. The van der Waals surface area contributed by atoms with Gasteiger partial charge in [-0.3, -0.25) is 9.69 Å². The van der Waals surface area contributed by atoms with Gasteiger partial charge in [0.15, 0.2) is 6.29 Å². The molecule has 0 spiro atoms. The Kier molecular flexibility index (Phi) is 18.0. The van der Waals surface area contributed by atoms with E-state index in [1.165, 1.54) is 76.2 Å². The van der Waals surface area contributed by atoms with E-state index in [1.54, 1.807) is 12.4 Å². The number of aliphatic hydroxyl groups is 1. The van der Waals surface area contributed by atoms with Gasteiger partial charge in [0.05, 0.1) is 18.8 Å². The van der Waals surface area contributed by atoms with E-state index in [2.05, 4.69) is 92.7 Å². The fourth-order valence-electron chi connectivity index (χ4n) is 8.39. The Morgan fingerprint density at radius 1 is 0.672 bits per heavy atom. The third-order valence-electron chi connectivity index (χ3n) is 11.9. The van der Waals surface area contributed by atoms with Gasteiger partial charge in [-0.05, 0) is 34.7 Å². The van der Waals surface area contributed by atoms with Crippen molar-refractivity contribution in [1.82, 2.24) is 20.2 Å².